The molecule has 9 heteroatoms. The molecule has 0 saturated carbocycles. The monoisotopic (exact) mass is 625 g/mol. The van der Waals surface area contributed by atoms with Crippen LogP contribution in [0.25, 0.3) is 0 Å². The maximum atomic E-state index is 13.9. The summed E-state index contributed by atoms with van der Waals surface area (Å²) in [6.07, 6.45) is 5.81. The normalized spacial score (nSPS) is 16.0. The van der Waals surface area contributed by atoms with E-state index in [4.69, 9.17) is 0 Å². The summed E-state index contributed by atoms with van der Waals surface area (Å²) in [5.41, 5.74) is 4.67. The minimum atomic E-state index is -0.812. The number of likely N-dealkylation sites (tertiary alicyclic amines) is 2. The van der Waals surface area contributed by atoms with Gasteiger partial charge in [0.05, 0.1) is 17.8 Å². The van der Waals surface area contributed by atoms with Gasteiger partial charge in [-0.2, -0.15) is 0 Å². The molecule has 3 aromatic rings. The maximum Gasteiger partial charge on any atom is 0.253 e. The molecule has 2 saturated heterocycles. The third-order valence-corrected chi connectivity index (χ3v) is 9.15. The van der Waals surface area contributed by atoms with Crippen molar-refractivity contribution < 1.29 is 19.2 Å². The highest BCUT2D eigenvalue weighted by atomic mass is 16.2. The highest BCUT2D eigenvalue weighted by molar-refractivity contribution is 6.03. The van der Waals surface area contributed by atoms with Crippen LogP contribution in [-0.2, 0) is 22.6 Å². The molecule has 0 bridgehead atoms. The highest BCUT2D eigenvalue weighted by Gasteiger charge is 2.27. The molecule has 1 atom stereocenters. The summed E-state index contributed by atoms with van der Waals surface area (Å²) in [6, 6.07) is 18.7. The molecule has 0 spiro atoms. The second-order valence-electron chi connectivity index (χ2n) is 12.7. The van der Waals surface area contributed by atoms with Crippen molar-refractivity contribution in [3.8, 4) is 0 Å². The second-order valence-corrected chi connectivity index (χ2v) is 12.7. The standard InChI is InChI=1S/C37H47N5O4/c1-27-14-16-29(17-15-27)23-32(37(46)38-18-10-22-41-21-9-13-35(41)44)39-36(45)31-24-33(34(43)26-40-19-7-4-8-20-40)42(28(31)2)25-30-11-5-3-6-12-30/h3,5-6,11-12,14-17,24,32H,4,7-10,13,18-23,25-26H2,1-2H3,(H,38,46)(H,39,45). The minimum Gasteiger partial charge on any atom is -0.354 e. The lowest BCUT2D eigenvalue weighted by atomic mass is 10.0. The Morgan fingerprint density at radius 3 is 2.30 bits per heavy atom. The van der Waals surface area contributed by atoms with Crippen molar-refractivity contribution in [3.05, 3.63) is 94.3 Å². The number of rotatable bonds is 14. The molecule has 5 rings (SSSR count). The fourth-order valence-corrected chi connectivity index (χ4v) is 6.43. The zero-order valence-electron chi connectivity index (χ0n) is 27.2. The first-order valence-electron chi connectivity index (χ1n) is 16.7. The van der Waals surface area contributed by atoms with Crippen molar-refractivity contribution in [2.24, 2.45) is 0 Å². The van der Waals surface area contributed by atoms with Crippen LogP contribution in [0.15, 0.2) is 60.7 Å². The Labute approximate surface area is 272 Å². The van der Waals surface area contributed by atoms with Crippen LogP contribution < -0.4 is 10.6 Å². The van der Waals surface area contributed by atoms with E-state index in [-0.39, 0.29) is 23.5 Å². The van der Waals surface area contributed by atoms with E-state index in [1.807, 2.05) is 77.9 Å². The number of nitrogens with zero attached hydrogens (tertiary/aromatic N) is 3. The Morgan fingerprint density at radius 1 is 0.870 bits per heavy atom. The fourth-order valence-electron chi connectivity index (χ4n) is 6.43. The van der Waals surface area contributed by atoms with Crippen LogP contribution >= 0.6 is 0 Å². The molecular weight excluding hydrogens is 578 g/mol. The molecule has 2 aliphatic rings. The number of hydrogen-bond acceptors (Lipinski definition) is 5. The average molecular weight is 626 g/mol. The first-order chi connectivity index (χ1) is 22.3. The van der Waals surface area contributed by atoms with Gasteiger partial charge in [-0.25, -0.2) is 0 Å². The van der Waals surface area contributed by atoms with E-state index in [1.54, 1.807) is 6.07 Å². The van der Waals surface area contributed by atoms with Gasteiger partial charge >= 0.3 is 0 Å². The first-order valence-corrected chi connectivity index (χ1v) is 16.7. The van der Waals surface area contributed by atoms with Crippen molar-refractivity contribution in [2.45, 2.75) is 71.4 Å². The molecule has 1 aromatic heterocycles. The van der Waals surface area contributed by atoms with E-state index in [2.05, 4.69) is 15.5 Å². The van der Waals surface area contributed by atoms with Gasteiger partial charge in [-0.15, -0.1) is 0 Å². The second kappa shape index (κ2) is 15.9. The summed E-state index contributed by atoms with van der Waals surface area (Å²) < 4.78 is 1.94. The van der Waals surface area contributed by atoms with Crippen molar-refractivity contribution in [1.82, 2.24) is 25.0 Å². The summed E-state index contributed by atoms with van der Waals surface area (Å²) in [5, 5.41) is 5.98. The molecule has 3 amide bonds. The molecule has 2 aliphatic heterocycles. The number of nitrogens with one attached hydrogen (secondary N) is 2. The molecule has 2 N–H and O–H groups in total. The first kappa shape index (κ1) is 33.1. The number of carbonyl (C=O) groups is 4. The Hall–Kier alpha value is -4.24. The Kier molecular flexibility index (Phi) is 11.4. The molecule has 1 unspecified atom stereocenters. The summed E-state index contributed by atoms with van der Waals surface area (Å²) in [5.74, 6) is -0.500. The molecule has 0 aliphatic carbocycles. The summed E-state index contributed by atoms with van der Waals surface area (Å²) in [4.78, 5) is 57.1. The highest BCUT2D eigenvalue weighted by Crippen LogP contribution is 2.21. The summed E-state index contributed by atoms with van der Waals surface area (Å²) in [7, 11) is 0. The topological polar surface area (TPSA) is 104 Å². The van der Waals surface area contributed by atoms with Crippen LogP contribution in [-0.4, -0.2) is 83.2 Å². The number of aromatic nitrogens is 1. The van der Waals surface area contributed by atoms with E-state index >= 15 is 0 Å². The van der Waals surface area contributed by atoms with E-state index in [9.17, 15) is 19.2 Å². The summed E-state index contributed by atoms with van der Waals surface area (Å²) >= 11 is 0. The zero-order valence-corrected chi connectivity index (χ0v) is 27.2. The van der Waals surface area contributed by atoms with Crippen LogP contribution in [0.1, 0.15) is 81.8 Å². The maximum absolute atomic E-state index is 13.9. The van der Waals surface area contributed by atoms with Crippen LogP contribution in [0.4, 0.5) is 0 Å². The molecule has 9 nitrogen and oxygen atoms in total. The fraction of sp³-hybridized carbons (Fsp3) is 0.459. The number of aryl methyl sites for hydroxylation is 1. The van der Waals surface area contributed by atoms with E-state index in [0.29, 0.717) is 62.4 Å². The molecule has 3 heterocycles. The Bertz CT molecular complexity index is 1510. The number of hydrogen-bond donors (Lipinski definition) is 2. The molecule has 2 fully saturated rings. The zero-order chi connectivity index (χ0) is 32.5. The molecule has 244 valence electrons. The lowest BCUT2D eigenvalue weighted by molar-refractivity contribution is -0.127. The van der Waals surface area contributed by atoms with Crippen LogP contribution in [0.3, 0.4) is 0 Å². The van der Waals surface area contributed by atoms with Crippen molar-refractivity contribution in [3.63, 3.8) is 0 Å². The van der Waals surface area contributed by atoms with Crippen molar-refractivity contribution in [1.29, 1.82) is 0 Å². The lowest BCUT2D eigenvalue weighted by Gasteiger charge is -2.25. The Morgan fingerprint density at radius 2 is 1.61 bits per heavy atom. The minimum absolute atomic E-state index is 0.00888. The van der Waals surface area contributed by atoms with Gasteiger partial charge in [0.2, 0.25) is 11.8 Å². The van der Waals surface area contributed by atoms with Gasteiger partial charge in [-0.1, -0.05) is 66.6 Å². The third-order valence-electron chi connectivity index (χ3n) is 9.15. The van der Waals surface area contributed by atoms with Gasteiger partial charge in [0.25, 0.3) is 5.91 Å². The molecule has 0 radical (unpaired) electrons. The van der Waals surface area contributed by atoms with Gasteiger partial charge in [-0.3, -0.25) is 24.1 Å². The van der Waals surface area contributed by atoms with Crippen LogP contribution in [0.2, 0.25) is 0 Å². The smallest absolute Gasteiger partial charge is 0.253 e. The predicted octanol–water partition coefficient (Wildman–Crippen LogP) is 4.29. The van der Waals surface area contributed by atoms with Gasteiger partial charge in [0, 0.05) is 44.7 Å². The van der Waals surface area contributed by atoms with Crippen LogP contribution in [0.5, 0.6) is 0 Å². The van der Waals surface area contributed by atoms with Crippen molar-refractivity contribution in [2.75, 3.05) is 39.3 Å². The average Bonchev–Trinajstić information content (AvgIpc) is 3.62. The lowest BCUT2D eigenvalue weighted by Crippen LogP contribution is -2.48. The van der Waals surface area contributed by atoms with E-state index in [0.717, 1.165) is 55.6 Å². The SMILES string of the molecule is Cc1ccc(CC(NC(=O)c2cc(C(=O)CN3CCCCC3)n(Cc3ccccc3)c2C)C(=O)NCCCN2CCCC2=O)cc1. The number of benzene rings is 2. The molecule has 2 aromatic carbocycles. The van der Waals surface area contributed by atoms with Crippen LogP contribution in [0, 0.1) is 13.8 Å². The van der Waals surface area contributed by atoms with Gasteiger partial charge in [0.1, 0.15) is 6.04 Å². The number of ketones is 1. The number of carbonyl (C=O) groups excluding carboxylic acids is 4. The number of amides is 3. The number of Topliss-reactive ketones (excluding diaryl/α,β-unsaturated/α-hetero) is 1. The van der Waals surface area contributed by atoms with Crippen molar-refractivity contribution >= 4 is 23.5 Å². The quantitative estimate of drug-likeness (QED) is 0.206. The predicted molar refractivity (Wildman–Crippen MR) is 179 cm³/mol. The van der Waals surface area contributed by atoms with E-state index < -0.39 is 6.04 Å². The van der Waals surface area contributed by atoms with Gasteiger partial charge < -0.3 is 20.1 Å². The van der Waals surface area contributed by atoms with Gasteiger partial charge in [0.15, 0.2) is 5.78 Å². The molecular formula is C37H47N5O4. The third kappa shape index (κ3) is 8.72. The largest absolute Gasteiger partial charge is 0.354 e. The Balaban J connectivity index is 1.34. The van der Waals surface area contributed by atoms with Gasteiger partial charge in [-0.05, 0) is 69.8 Å². The number of piperidine rings is 1. The molecule has 46 heavy (non-hydrogen) atoms. The summed E-state index contributed by atoms with van der Waals surface area (Å²) in [6.45, 7) is 8.25. The van der Waals surface area contributed by atoms with E-state index in [1.165, 1.54) is 6.42 Å².